The molecular weight excluding hydrogens is 427 g/mol. The molecule has 1 heterocycles. The van der Waals surface area contributed by atoms with Gasteiger partial charge in [-0.15, -0.1) is 0 Å². The van der Waals surface area contributed by atoms with Crippen LogP contribution in [-0.2, 0) is 19.1 Å². The summed E-state index contributed by atoms with van der Waals surface area (Å²) in [6, 6.07) is 9.57. The third kappa shape index (κ3) is 5.94. The summed E-state index contributed by atoms with van der Waals surface area (Å²) in [5, 5.41) is 0. The Labute approximate surface area is 188 Å². The Morgan fingerprint density at radius 2 is 1.61 bits per heavy atom. The minimum atomic E-state index is -4.31. The van der Waals surface area contributed by atoms with Crippen LogP contribution in [0.1, 0.15) is 54.9 Å². The van der Waals surface area contributed by atoms with E-state index in [0.717, 1.165) is 67.7 Å². The Morgan fingerprint density at radius 3 is 2.19 bits per heavy atom. The number of halogens is 4. The summed E-state index contributed by atoms with van der Waals surface area (Å²) in [5.41, 5.74) is 3.87. The Kier molecular flexibility index (Phi) is 8.80. The van der Waals surface area contributed by atoms with Crippen LogP contribution in [0.4, 0.5) is 13.2 Å². The number of hydrogen-bond acceptors (Lipinski definition) is 2. The highest BCUT2D eigenvalue weighted by Crippen LogP contribution is 2.34. The van der Waals surface area contributed by atoms with Crippen LogP contribution >= 0.6 is 0 Å². The Hall–Kier alpha value is -2.21. The molecule has 2 aromatic rings. The molecule has 0 amide bonds. The van der Waals surface area contributed by atoms with Crippen molar-refractivity contribution in [1.82, 2.24) is 0 Å². The van der Waals surface area contributed by atoms with Crippen molar-refractivity contribution in [3.8, 4) is 11.5 Å². The summed E-state index contributed by atoms with van der Waals surface area (Å²) < 4.78 is 51.9. The fraction of sp³-hybridized carbons (Fsp3) is 0.458. The van der Waals surface area contributed by atoms with E-state index in [4.69, 9.17) is 9.47 Å². The zero-order valence-electron chi connectivity index (χ0n) is 18.2. The molecule has 0 radical (unpaired) electrons. The summed E-state index contributed by atoms with van der Waals surface area (Å²) in [6.07, 6.45) is 0.814. The number of hydrogen-bond donors (Lipinski definition) is 0. The maximum Gasteiger partial charge on any atom is 0.416 e. The molecule has 170 valence electrons. The molecule has 0 aliphatic carbocycles. The van der Waals surface area contributed by atoms with Crippen LogP contribution in [0.2, 0.25) is 0 Å². The van der Waals surface area contributed by atoms with Gasteiger partial charge in [-0.05, 0) is 36.2 Å². The van der Waals surface area contributed by atoms with E-state index in [1.807, 2.05) is 12.1 Å². The molecule has 0 fully saturated rings. The lowest BCUT2D eigenvalue weighted by molar-refractivity contribution is -0.545. The van der Waals surface area contributed by atoms with Crippen molar-refractivity contribution in [3.05, 3.63) is 58.7 Å². The lowest BCUT2D eigenvalue weighted by Crippen LogP contribution is -3.00. The maximum atomic E-state index is 12.9. The molecule has 0 saturated heterocycles. The average molecular weight is 456 g/mol. The van der Waals surface area contributed by atoms with Crippen molar-refractivity contribution in [2.75, 3.05) is 20.8 Å². The number of benzene rings is 2. The molecule has 2 aromatic carbocycles. The number of ether oxygens (including phenoxy) is 2. The van der Waals surface area contributed by atoms with Gasteiger partial charge in [0, 0.05) is 24.0 Å². The Balaban J connectivity index is 0.00000341. The fourth-order valence-electron chi connectivity index (χ4n) is 3.99. The van der Waals surface area contributed by atoms with Crippen molar-refractivity contribution in [2.45, 2.75) is 51.7 Å². The molecule has 7 heteroatoms. The summed E-state index contributed by atoms with van der Waals surface area (Å²) in [6.45, 7) is 3.59. The highest BCUT2D eigenvalue weighted by Gasteiger charge is 2.31. The van der Waals surface area contributed by atoms with Gasteiger partial charge < -0.3 is 21.9 Å². The molecule has 3 nitrogen and oxygen atoms in total. The van der Waals surface area contributed by atoms with Crippen molar-refractivity contribution < 1.29 is 39.6 Å². The quantitative estimate of drug-likeness (QED) is 0.451. The predicted molar refractivity (Wildman–Crippen MR) is 112 cm³/mol. The monoisotopic (exact) mass is 455 g/mol. The highest BCUT2D eigenvalue weighted by atomic mass is 35.5. The standard InChI is InChI=1S/C24H29F3NO2.ClH/c1-4-5-6-7-21-20-15-23(30-3)22(29-2)14-18(20)12-13-28(21)16-17-8-10-19(11-9-17)24(25,26)27;/h8-11,14-15H,4-7,12-13,16H2,1-3H3;1H/q+1;/p-1. The third-order valence-electron chi connectivity index (χ3n) is 5.62. The van der Waals surface area contributed by atoms with Crippen molar-refractivity contribution in [2.24, 2.45) is 0 Å². The molecule has 0 saturated carbocycles. The van der Waals surface area contributed by atoms with Gasteiger partial charge in [0.2, 0.25) is 0 Å². The number of nitrogens with zero attached hydrogens (tertiary/aromatic N) is 1. The molecule has 0 unspecified atom stereocenters. The highest BCUT2D eigenvalue weighted by molar-refractivity contribution is 5.99. The molecule has 3 rings (SSSR count). The number of rotatable bonds is 8. The second-order valence-corrected chi connectivity index (χ2v) is 7.63. The van der Waals surface area contributed by atoms with Crippen molar-refractivity contribution in [1.29, 1.82) is 0 Å². The maximum absolute atomic E-state index is 12.9. The van der Waals surface area contributed by atoms with Crippen LogP contribution < -0.4 is 21.9 Å². The SMILES string of the molecule is CCCCCC1=[N+](Cc2ccc(C(F)(F)F)cc2)CCc2cc(OC)c(OC)cc21.[Cl-]. The van der Waals surface area contributed by atoms with E-state index in [9.17, 15) is 13.2 Å². The first-order chi connectivity index (χ1) is 14.4. The van der Waals surface area contributed by atoms with Gasteiger partial charge >= 0.3 is 6.18 Å². The van der Waals surface area contributed by atoms with Crippen LogP contribution in [0.3, 0.4) is 0 Å². The number of methoxy groups -OCH3 is 2. The minimum absolute atomic E-state index is 0. The van der Waals surface area contributed by atoms with Crippen LogP contribution in [-0.4, -0.2) is 31.1 Å². The second-order valence-electron chi connectivity index (χ2n) is 7.63. The molecule has 0 N–H and O–H groups in total. The van der Waals surface area contributed by atoms with E-state index in [2.05, 4.69) is 11.5 Å². The third-order valence-corrected chi connectivity index (χ3v) is 5.62. The Bertz CT molecular complexity index is 908. The number of unbranched alkanes of at least 4 members (excludes halogenated alkanes) is 2. The van der Waals surface area contributed by atoms with E-state index in [0.29, 0.717) is 12.3 Å². The summed E-state index contributed by atoms with van der Waals surface area (Å²) in [7, 11) is 3.26. The second kappa shape index (κ2) is 10.9. The van der Waals surface area contributed by atoms with Crippen molar-refractivity contribution >= 4 is 5.71 Å². The van der Waals surface area contributed by atoms with E-state index in [1.165, 1.54) is 11.3 Å². The molecule has 31 heavy (non-hydrogen) atoms. The van der Waals surface area contributed by atoms with Crippen LogP contribution in [0.5, 0.6) is 11.5 Å². The largest absolute Gasteiger partial charge is 1.00 e. The lowest BCUT2D eigenvalue weighted by atomic mass is 9.92. The first-order valence-corrected chi connectivity index (χ1v) is 10.4. The first-order valence-electron chi connectivity index (χ1n) is 10.4. The minimum Gasteiger partial charge on any atom is -1.00 e. The number of alkyl halides is 3. The molecule has 1 aliphatic rings. The van der Waals surface area contributed by atoms with E-state index < -0.39 is 11.7 Å². The molecular formula is C24H29ClF3NO2. The van der Waals surface area contributed by atoms with Gasteiger partial charge in [-0.25, -0.2) is 4.58 Å². The van der Waals surface area contributed by atoms with Crippen LogP contribution in [0.15, 0.2) is 36.4 Å². The molecule has 1 aliphatic heterocycles. The molecule has 0 spiro atoms. The van der Waals surface area contributed by atoms with Gasteiger partial charge in [-0.3, -0.25) is 0 Å². The normalized spacial score (nSPS) is 13.5. The van der Waals surface area contributed by atoms with Crippen molar-refractivity contribution in [3.63, 3.8) is 0 Å². The molecule has 0 atom stereocenters. The van der Waals surface area contributed by atoms with Gasteiger partial charge in [0.15, 0.2) is 23.8 Å². The average Bonchev–Trinajstić information content (AvgIpc) is 2.73. The summed E-state index contributed by atoms with van der Waals surface area (Å²) in [5.74, 6) is 1.42. The van der Waals surface area contributed by atoms with Gasteiger partial charge in [0.05, 0.1) is 19.8 Å². The summed E-state index contributed by atoms with van der Waals surface area (Å²) in [4.78, 5) is 0. The first kappa shape index (κ1) is 25.1. The van der Waals surface area contributed by atoms with Gasteiger partial charge in [0.1, 0.15) is 6.54 Å². The molecule has 0 aromatic heterocycles. The zero-order chi connectivity index (χ0) is 21.7. The van der Waals surface area contributed by atoms with Gasteiger partial charge in [0.25, 0.3) is 0 Å². The summed E-state index contributed by atoms with van der Waals surface area (Å²) >= 11 is 0. The van der Waals surface area contributed by atoms with E-state index in [-0.39, 0.29) is 12.4 Å². The van der Waals surface area contributed by atoms with Crippen LogP contribution in [0.25, 0.3) is 0 Å². The zero-order valence-corrected chi connectivity index (χ0v) is 18.9. The number of fused-ring (bicyclic) bond motifs is 1. The van der Waals surface area contributed by atoms with Gasteiger partial charge in [-0.2, -0.15) is 13.2 Å². The predicted octanol–water partition coefficient (Wildman–Crippen LogP) is 2.86. The lowest BCUT2D eigenvalue weighted by Gasteiger charge is -2.21. The Morgan fingerprint density at radius 1 is 0.968 bits per heavy atom. The molecule has 0 bridgehead atoms. The van der Waals surface area contributed by atoms with Crippen LogP contribution in [0, 0.1) is 0 Å². The van der Waals surface area contributed by atoms with Gasteiger partial charge in [-0.1, -0.05) is 31.9 Å². The topological polar surface area (TPSA) is 21.5 Å². The smallest absolute Gasteiger partial charge is 0.416 e. The van der Waals surface area contributed by atoms with E-state index >= 15 is 0 Å². The van der Waals surface area contributed by atoms with E-state index in [1.54, 1.807) is 26.4 Å². The fourth-order valence-corrected chi connectivity index (χ4v) is 3.99.